The van der Waals surface area contributed by atoms with Crippen LogP contribution in [0.2, 0.25) is 0 Å². The van der Waals surface area contributed by atoms with Crippen LogP contribution in [0, 0.1) is 0 Å². The Kier molecular flexibility index (Phi) is 14.5. The van der Waals surface area contributed by atoms with E-state index in [1.807, 2.05) is 20.8 Å². The molecule has 0 aliphatic heterocycles. The third-order valence-electron chi connectivity index (χ3n) is 5.74. The van der Waals surface area contributed by atoms with Gasteiger partial charge in [0.2, 0.25) is 5.91 Å². The Morgan fingerprint density at radius 3 is 1.47 bits per heavy atom. The van der Waals surface area contributed by atoms with Crippen molar-refractivity contribution < 1.29 is 34.1 Å². The third-order valence-corrected chi connectivity index (χ3v) is 5.74. The van der Waals surface area contributed by atoms with Crippen molar-refractivity contribution in [2.24, 2.45) is 0 Å². The largest absolute Gasteiger partial charge is 0.478 e. The fraction of sp³-hybridized carbons (Fsp3) is 0.643. The lowest BCUT2D eigenvalue weighted by Crippen LogP contribution is -2.23. The van der Waals surface area contributed by atoms with Gasteiger partial charge in [-0.25, -0.2) is 9.59 Å². The number of unbranched alkanes of at least 4 members (excludes halogenated alkanes) is 11. The van der Waals surface area contributed by atoms with Gasteiger partial charge in [-0.15, -0.1) is 0 Å². The lowest BCUT2D eigenvalue weighted by Gasteiger charge is -2.19. The zero-order valence-electron chi connectivity index (χ0n) is 22.1. The number of hydrogen-bond acceptors (Lipinski definition) is 5. The molecule has 1 aromatic carbocycles. The number of amides is 1. The van der Waals surface area contributed by atoms with Crippen molar-refractivity contribution in [3.63, 3.8) is 0 Å². The highest BCUT2D eigenvalue weighted by atomic mass is 16.6. The van der Waals surface area contributed by atoms with E-state index in [2.05, 4.69) is 5.32 Å². The molecule has 8 heteroatoms. The number of anilines is 1. The Bertz CT molecular complexity index is 826. The van der Waals surface area contributed by atoms with Gasteiger partial charge in [-0.1, -0.05) is 70.3 Å². The summed E-state index contributed by atoms with van der Waals surface area (Å²) >= 11 is 0. The zero-order valence-corrected chi connectivity index (χ0v) is 22.1. The molecule has 0 heterocycles. The van der Waals surface area contributed by atoms with Crippen LogP contribution in [0.3, 0.4) is 0 Å². The third kappa shape index (κ3) is 13.9. The van der Waals surface area contributed by atoms with Gasteiger partial charge in [-0.2, -0.15) is 0 Å². The summed E-state index contributed by atoms with van der Waals surface area (Å²) in [5.41, 5.74) is -1.03. The Morgan fingerprint density at radius 2 is 1.08 bits per heavy atom. The maximum atomic E-state index is 12.2. The number of esters is 1. The van der Waals surface area contributed by atoms with Gasteiger partial charge in [-0.3, -0.25) is 9.59 Å². The number of para-hydroxylation sites is 1. The van der Waals surface area contributed by atoms with Gasteiger partial charge < -0.3 is 20.3 Å². The topological polar surface area (TPSA) is 130 Å². The molecule has 3 N–H and O–H groups in total. The molecule has 202 valence electrons. The first-order valence-corrected chi connectivity index (χ1v) is 13.1. The highest BCUT2D eigenvalue weighted by Gasteiger charge is 2.20. The van der Waals surface area contributed by atoms with Crippen molar-refractivity contribution in [2.75, 3.05) is 5.32 Å². The van der Waals surface area contributed by atoms with Crippen LogP contribution >= 0.6 is 0 Å². The number of ether oxygens (including phenoxy) is 1. The van der Waals surface area contributed by atoms with Crippen LogP contribution in [0.5, 0.6) is 0 Å². The van der Waals surface area contributed by atoms with Gasteiger partial charge in [0.25, 0.3) is 0 Å². The first kappa shape index (κ1) is 31.1. The van der Waals surface area contributed by atoms with Gasteiger partial charge in [-0.05, 0) is 45.7 Å². The van der Waals surface area contributed by atoms with E-state index in [9.17, 15) is 29.4 Å². The maximum Gasteiger partial charge on any atom is 0.337 e. The Labute approximate surface area is 214 Å². The standard InChI is InChI=1S/C28H43NO7/c1-28(2,3)36-24(31)20-15-13-11-9-7-5-4-6-8-10-12-14-19-23(30)29-25-21(26(32)33)17-16-18-22(25)27(34)35/h16-18H,4-15,19-20H2,1-3H3,(H,29,30)(H,32,33)(H,34,35). The highest BCUT2D eigenvalue weighted by Crippen LogP contribution is 2.22. The summed E-state index contributed by atoms with van der Waals surface area (Å²) in [4.78, 5) is 46.6. The molecular formula is C28H43NO7. The highest BCUT2D eigenvalue weighted by molar-refractivity contribution is 6.07. The van der Waals surface area contributed by atoms with E-state index in [1.54, 1.807) is 0 Å². The molecule has 0 radical (unpaired) electrons. The number of rotatable bonds is 18. The zero-order chi connectivity index (χ0) is 27.0. The quantitative estimate of drug-likeness (QED) is 0.147. The van der Waals surface area contributed by atoms with E-state index in [4.69, 9.17) is 4.74 Å². The van der Waals surface area contributed by atoms with Crippen LogP contribution < -0.4 is 5.32 Å². The second-order valence-electron chi connectivity index (χ2n) is 10.2. The fourth-order valence-corrected chi connectivity index (χ4v) is 3.96. The number of carboxylic acid groups (broad SMARTS) is 2. The van der Waals surface area contributed by atoms with Crippen molar-refractivity contribution in [1.82, 2.24) is 0 Å². The second kappa shape index (κ2) is 16.7. The normalized spacial score (nSPS) is 11.2. The molecule has 0 bridgehead atoms. The number of carboxylic acids is 2. The molecule has 1 rings (SSSR count). The van der Waals surface area contributed by atoms with Gasteiger partial charge >= 0.3 is 17.9 Å². The molecule has 0 fully saturated rings. The molecule has 8 nitrogen and oxygen atoms in total. The average Bonchev–Trinajstić information content (AvgIpc) is 2.77. The summed E-state index contributed by atoms with van der Waals surface area (Å²) in [5.74, 6) is -3.06. The number of carbonyl (C=O) groups excluding carboxylic acids is 2. The molecule has 1 amide bonds. The second-order valence-corrected chi connectivity index (χ2v) is 10.2. The molecule has 1 aromatic rings. The first-order valence-electron chi connectivity index (χ1n) is 13.1. The number of carbonyl (C=O) groups is 4. The molecule has 0 unspecified atom stereocenters. The number of nitrogens with one attached hydrogen (secondary N) is 1. The molecule has 0 spiro atoms. The van der Waals surface area contributed by atoms with Crippen LogP contribution in [0.1, 0.15) is 131 Å². The molecular weight excluding hydrogens is 462 g/mol. The molecule has 0 saturated carbocycles. The summed E-state index contributed by atoms with van der Waals surface area (Å²) in [6, 6.07) is 3.89. The van der Waals surface area contributed by atoms with Crippen LogP contribution in [-0.2, 0) is 14.3 Å². The molecule has 0 saturated heterocycles. The lowest BCUT2D eigenvalue weighted by atomic mass is 10.0. The van der Waals surface area contributed by atoms with Crippen molar-refractivity contribution in [1.29, 1.82) is 0 Å². The monoisotopic (exact) mass is 505 g/mol. The SMILES string of the molecule is CC(C)(C)OC(=O)CCCCCCCCCCCCCCC(=O)Nc1c(C(=O)O)cccc1C(=O)O. The molecule has 0 aliphatic rings. The Hall–Kier alpha value is -2.90. The minimum atomic E-state index is -1.29. The number of benzene rings is 1. The minimum absolute atomic E-state index is 0.112. The smallest absolute Gasteiger partial charge is 0.337 e. The van der Waals surface area contributed by atoms with Crippen LogP contribution in [0.15, 0.2) is 18.2 Å². The van der Waals surface area contributed by atoms with Gasteiger partial charge in [0.1, 0.15) is 5.60 Å². The van der Waals surface area contributed by atoms with Crippen LogP contribution in [-0.4, -0.2) is 39.6 Å². The van der Waals surface area contributed by atoms with E-state index >= 15 is 0 Å². The van der Waals surface area contributed by atoms with Crippen molar-refractivity contribution in [3.05, 3.63) is 29.3 Å². The maximum absolute atomic E-state index is 12.2. The lowest BCUT2D eigenvalue weighted by molar-refractivity contribution is -0.154. The summed E-state index contributed by atoms with van der Waals surface area (Å²) in [5, 5.41) is 21.0. The van der Waals surface area contributed by atoms with E-state index in [0.717, 1.165) is 38.5 Å². The number of hydrogen-bond donors (Lipinski definition) is 3. The predicted molar refractivity (Wildman–Crippen MR) is 139 cm³/mol. The van der Waals surface area contributed by atoms with Crippen LogP contribution in [0.4, 0.5) is 5.69 Å². The number of aromatic carboxylic acids is 2. The average molecular weight is 506 g/mol. The Balaban J connectivity index is 2.06. The van der Waals surface area contributed by atoms with E-state index in [0.29, 0.717) is 12.8 Å². The summed E-state index contributed by atoms with van der Waals surface area (Å²) < 4.78 is 5.31. The first-order chi connectivity index (χ1) is 17.0. The van der Waals surface area contributed by atoms with Gasteiger partial charge in [0.15, 0.2) is 0 Å². The molecule has 36 heavy (non-hydrogen) atoms. The Morgan fingerprint density at radius 1 is 0.694 bits per heavy atom. The summed E-state index contributed by atoms with van der Waals surface area (Å²) in [6.07, 6.45) is 13.5. The van der Waals surface area contributed by atoms with Crippen molar-refractivity contribution >= 4 is 29.5 Å². The molecule has 0 aliphatic carbocycles. The van der Waals surface area contributed by atoms with Gasteiger partial charge in [0.05, 0.1) is 16.8 Å². The van der Waals surface area contributed by atoms with Crippen molar-refractivity contribution in [3.8, 4) is 0 Å². The minimum Gasteiger partial charge on any atom is -0.478 e. The predicted octanol–water partition coefficient (Wildman–Crippen LogP) is 6.82. The van der Waals surface area contributed by atoms with E-state index in [-0.39, 0.29) is 35.1 Å². The fourth-order valence-electron chi connectivity index (χ4n) is 3.96. The van der Waals surface area contributed by atoms with E-state index < -0.39 is 17.5 Å². The summed E-state index contributed by atoms with van der Waals surface area (Å²) in [6.45, 7) is 5.65. The van der Waals surface area contributed by atoms with E-state index in [1.165, 1.54) is 50.3 Å². The van der Waals surface area contributed by atoms with Crippen molar-refractivity contribution in [2.45, 2.75) is 116 Å². The van der Waals surface area contributed by atoms with Crippen LogP contribution in [0.25, 0.3) is 0 Å². The molecule has 0 atom stereocenters. The molecule has 0 aromatic heterocycles. The summed E-state index contributed by atoms with van der Waals surface area (Å²) in [7, 11) is 0. The van der Waals surface area contributed by atoms with Gasteiger partial charge in [0, 0.05) is 12.8 Å².